The summed E-state index contributed by atoms with van der Waals surface area (Å²) in [5, 5.41) is 9.82. The fraction of sp³-hybridized carbons (Fsp3) is 0.182. The van der Waals surface area contributed by atoms with Crippen LogP contribution >= 0.6 is 0 Å². The van der Waals surface area contributed by atoms with Gasteiger partial charge in [-0.15, -0.1) is 0 Å². The van der Waals surface area contributed by atoms with E-state index < -0.39 is 0 Å². The first-order chi connectivity index (χ1) is 13.7. The van der Waals surface area contributed by atoms with Gasteiger partial charge in [0.05, 0.1) is 7.11 Å². The van der Waals surface area contributed by atoms with Crippen LogP contribution < -0.4 is 18.9 Å². The molecular formula is C22H18N2O4. The Kier molecular flexibility index (Phi) is 4.73. The highest BCUT2D eigenvalue weighted by molar-refractivity contribution is 5.73. The molecular weight excluding hydrogens is 356 g/mol. The Hall–Kier alpha value is -3.72. The van der Waals surface area contributed by atoms with Gasteiger partial charge in [0.25, 0.3) is 0 Å². The maximum atomic E-state index is 9.82. The van der Waals surface area contributed by atoms with Crippen LogP contribution in [-0.4, -0.2) is 18.9 Å². The van der Waals surface area contributed by atoms with Crippen molar-refractivity contribution in [3.8, 4) is 46.1 Å². The molecule has 0 saturated heterocycles. The molecule has 1 aliphatic rings. The molecule has 0 atom stereocenters. The molecule has 140 valence electrons. The van der Waals surface area contributed by atoms with Crippen molar-refractivity contribution in [2.75, 3.05) is 13.9 Å². The number of aryl methyl sites for hydroxylation is 1. The van der Waals surface area contributed by atoms with Crippen LogP contribution in [0.5, 0.6) is 28.9 Å². The topological polar surface area (TPSA) is 73.6 Å². The van der Waals surface area contributed by atoms with Crippen LogP contribution in [0.4, 0.5) is 0 Å². The molecule has 0 unspecified atom stereocenters. The number of fused-ring (bicyclic) bond motifs is 1. The number of nitriles is 1. The lowest BCUT2D eigenvalue weighted by atomic mass is 10.00. The average molecular weight is 374 g/mol. The number of ether oxygens (including phenoxy) is 4. The predicted molar refractivity (Wildman–Crippen MR) is 103 cm³/mol. The van der Waals surface area contributed by atoms with Crippen molar-refractivity contribution >= 4 is 0 Å². The minimum absolute atomic E-state index is 0.188. The van der Waals surface area contributed by atoms with Crippen LogP contribution in [0.2, 0.25) is 0 Å². The Labute approximate surface area is 162 Å². The summed E-state index contributed by atoms with van der Waals surface area (Å²) in [6, 6.07) is 17.0. The fourth-order valence-corrected chi connectivity index (χ4v) is 2.99. The minimum Gasteiger partial charge on any atom is -0.497 e. The van der Waals surface area contributed by atoms with Crippen LogP contribution in [0.15, 0.2) is 48.5 Å². The van der Waals surface area contributed by atoms with Crippen LogP contribution in [-0.2, 0) is 6.42 Å². The number of benzene rings is 2. The molecule has 1 aliphatic heterocycles. The fourth-order valence-electron chi connectivity index (χ4n) is 2.99. The van der Waals surface area contributed by atoms with Crippen LogP contribution in [0.1, 0.15) is 18.2 Å². The number of hydrogen-bond acceptors (Lipinski definition) is 6. The second kappa shape index (κ2) is 7.49. The molecule has 0 spiro atoms. The van der Waals surface area contributed by atoms with E-state index in [4.69, 9.17) is 18.9 Å². The number of aromatic nitrogens is 1. The van der Waals surface area contributed by atoms with Crippen molar-refractivity contribution in [1.82, 2.24) is 4.98 Å². The maximum absolute atomic E-state index is 9.82. The van der Waals surface area contributed by atoms with Gasteiger partial charge in [0, 0.05) is 17.3 Å². The van der Waals surface area contributed by atoms with Gasteiger partial charge in [-0.05, 0) is 42.3 Å². The number of pyridine rings is 1. The summed E-state index contributed by atoms with van der Waals surface area (Å²) in [6.45, 7) is 2.20. The van der Waals surface area contributed by atoms with E-state index in [-0.39, 0.29) is 12.7 Å². The normalized spacial score (nSPS) is 11.8. The molecule has 0 fully saturated rings. The van der Waals surface area contributed by atoms with Crippen LogP contribution in [0.3, 0.4) is 0 Å². The van der Waals surface area contributed by atoms with E-state index in [0.29, 0.717) is 29.2 Å². The van der Waals surface area contributed by atoms with Crippen molar-refractivity contribution in [2.24, 2.45) is 0 Å². The molecule has 0 radical (unpaired) electrons. The molecule has 2 heterocycles. The summed E-state index contributed by atoms with van der Waals surface area (Å²) in [7, 11) is 1.62. The van der Waals surface area contributed by atoms with Crippen LogP contribution in [0.25, 0.3) is 11.1 Å². The molecule has 0 amide bonds. The molecule has 4 rings (SSSR count). The molecule has 28 heavy (non-hydrogen) atoms. The van der Waals surface area contributed by atoms with Gasteiger partial charge in [-0.1, -0.05) is 19.1 Å². The van der Waals surface area contributed by atoms with Gasteiger partial charge in [0.15, 0.2) is 11.5 Å². The van der Waals surface area contributed by atoms with E-state index in [1.807, 2.05) is 37.3 Å². The zero-order valence-electron chi connectivity index (χ0n) is 15.6. The van der Waals surface area contributed by atoms with Crippen LogP contribution in [0, 0.1) is 11.3 Å². The largest absolute Gasteiger partial charge is 0.497 e. The van der Waals surface area contributed by atoms with Crippen molar-refractivity contribution < 1.29 is 18.9 Å². The molecule has 0 N–H and O–H groups in total. The van der Waals surface area contributed by atoms with E-state index in [0.717, 1.165) is 22.6 Å². The highest BCUT2D eigenvalue weighted by Crippen LogP contribution is 2.38. The predicted octanol–water partition coefficient (Wildman–Crippen LogP) is 4.71. The van der Waals surface area contributed by atoms with E-state index in [1.54, 1.807) is 25.3 Å². The Bertz CT molecular complexity index is 1060. The molecule has 0 bridgehead atoms. The number of nitrogens with zero attached hydrogens (tertiary/aromatic N) is 2. The molecule has 3 aromatic rings. The molecule has 6 heteroatoms. The Morgan fingerprint density at radius 1 is 1.04 bits per heavy atom. The van der Waals surface area contributed by atoms with E-state index >= 15 is 0 Å². The summed E-state index contributed by atoms with van der Waals surface area (Å²) in [5.74, 6) is 2.83. The van der Waals surface area contributed by atoms with Gasteiger partial charge in [0.1, 0.15) is 23.1 Å². The molecule has 6 nitrogen and oxygen atoms in total. The first-order valence-corrected chi connectivity index (χ1v) is 8.87. The first kappa shape index (κ1) is 17.7. The zero-order chi connectivity index (χ0) is 19.5. The monoisotopic (exact) mass is 374 g/mol. The second-order valence-electron chi connectivity index (χ2n) is 6.15. The summed E-state index contributed by atoms with van der Waals surface area (Å²) in [4.78, 5) is 4.53. The Balaban J connectivity index is 1.77. The maximum Gasteiger partial charge on any atom is 0.238 e. The van der Waals surface area contributed by atoms with Gasteiger partial charge < -0.3 is 18.9 Å². The molecule has 1 aromatic heterocycles. The number of hydrogen-bond donors (Lipinski definition) is 0. The Morgan fingerprint density at radius 2 is 1.79 bits per heavy atom. The summed E-state index contributed by atoms with van der Waals surface area (Å²) in [5.41, 5.74) is 2.87. The lowest BCUT2D eigenvalue weighted by Crippen LogP contribution is -1.99. The number of rotatable bonds is 5. The Morgan fingerprint density at radius 3 is 2.50 bits per heavy atom. The molecule has 0 aliphatic carbocycles. The summed E-state index contributed by atoms with van der Waals surface area (Å²) < 4.78 is 21.9. The first-order valence-electron chi connectivity index (χ1n) is 8.87. The minimum atomic E-state index is 0.188. The SMILES string of the molecule is CCc1cc(-c2ccc(OC)cc2)c(C#N)c(Oc2ccc3c(c2)OCO3)n1. The highest BCUT2D eigenvalue weighted by Gasteiger charge is 2.18. The zero-order valence-corrected chi connectivity index (χ0v) is 15.6. The van der Waals surface area contributed by atoms with Gasteiger partial charge in [0.2, 0.25) is 12.7 Å². The van der Waals surface area contributed by atoms with Gasteiger partial charge in [-0.2, -0.15) is 5.26 Å². The van der Waals surface area contributed by atoms with Gasteiger partial charge >= 0.3 is 0 Å². The third-order valence-electron chi connectivity index (χ3n) is 4.47. The van der Waals surface area contributed by atoms with Crippen molar-refractivity contribution in [2.45, 2.75) is 13.3 Å². The third-order valence-corrected chi connectivity index (χ3v) is 4.47. The van der Waals surface area contributed by atoms with Crippen molar-refractivity contribution in [3.05, 3.63) is 59.8 Å². The molecule has 0 saturated carbocycles. The van der Waals surface area contributed by atoms with E-state index in [2.05, 4.69) is 11.1 Å². The standard InChI is InChI=1S/C22H18N2O4/c1-3-15-10-18(14-4-6-16(25-2)7-5-14)19(12-23)22(24-15)28-17-8-9-20-21(11-17)27-13-26-20/h4-11H,3,13H2,1-2H3. The average Bonchev–Trinajstić information content (AvgIpc) is 3.21. The smallest absolute Gasteiger partial charge is 0.238 e. The third kappa shape index (κ3) is 3.30. The van der Waals surface area contributed by atoms with Gasteiger partial charge in [-0.25, -0.2) is 4.98 Å². The number of methoxy groups -OCH3 is 1. The summed E-state index contributed by atoms with van der Waals surface area (Å²) >= 11 is 0. The highest BCUT2D eigenvalue weighted by atomic mass is 16.7. The van der Waals surface area contributed by atoms with E-state index in [9.17, 15) is 5.26 Å². The lowest BCUT2D eigenvalue weighted by molar-refractivity contribution is 0.174. The van der Waals surface area contributed by atoms with Crippen molar-refractivity contribution in [3.63, 3.8) is 0 Å². The summed E-state index contributed by atoms with van der Waals surface area (Å²) in [6.07, 6.45) is 0.715. The quantitative estimate of drug-likeness (QED) is 0.644. The molecule has 2 aromatic carbocycles. The van der Waals surface area contributed by atoms with Crippen molar-refractivity contribution in [1.29, 1.82) is 5.26 Å². The van der Waals surface area contributed by atoms with Gasteiger partial charge in [-0.3, -0.25) is 0 Å². The lowest BCUT2D eigenvalue weighted by Gasteiger charge is -2.13. The second-order valence-corrected chi connectivity index (χ2v) is 6.15. The van der Waals surface area contributed by atoms with E-state index in [1.165, 1.54) is 0 Å².